The van der Waals surface area contributed by atoms with Crippen LogP contribution in [-0.2, 0) is 10.0 Å². The summed E-state index contributed by atoms with van der Waals surface area (Å²) in [5, 5.41) is 0.996. The van der Waals surface area contributed by atoms with Gasteiger partial charge in [0, 0.05) is 17.7 Å². The average molecular weight is 335 g/mol. The zero-order chi connectivity index (χ0) is 15.6. The Labute approximate surface area is 134 Å². The van der Waals surface area contributed by atoms with Crippen LogP contribution in [0.15, 0.2) is 52.3 Å². The van der Waals surface area contributed by atoms with Gasteiger partial charge in [-0.3, -0.25) is 0 Å². The number of hydrogen-bond donors (Lipinski definition) is 0. The van der Waals surface area contributed by atoms with Crippen LogP contribution in [0.25, 0.3) is 6.08 Å². The minimum atomic E-state index is -3.47. The molecule has 0 aliphatic carbocycles. The van der Waals surface area contributed by atoms with E-state index >= 15 is 0 Å². The van der Waals surface area contributed by atoms with Crippen LogP contribution >= 0.6 is 11.8 Å². The van der Waals surface area contributed by atoms with E-state index in [-0.39, 0.29) is 5.37 Å². The van der Waals surface area contributed by atoms with Gasteiger partial charge in [0.15, 0.2) is 0 Å². The first-order valence-corrected chi connectivity index (χ1v) is 9.54. The first-order chi connectivity index (χ1) is 10.6. The maximum Gasteiger partial charge on any atom is 0.237 e. The first-order valence-electron chi connectivity index (χ1n) is 6.99. The molecule has 1 fully saturated rings. The molecule has 0 bridgehead atoms. The van der Waals surface area contributed by atoms with Crippen molar-refractivity contribution in [2.75, 3.05) is 12.3 Å². The van der Waals surface area contributed by atoms with E-state index in [1.54, 1.807) is 17.8 Å². The fourth-order valence-corrected chi connectivity index (χ4v) is 5.28. The summed E-state index contributed by atoms with van der Waals surface area (Å²) in [4.78, 5) is 0. The van der Waals surface area contributed by atoms with E-state index in [1.165, 1.54) is 9.71 Å². The van der Waals surface area contributed by atoms with Crippen molar-refractivity contribution in [1.29, 1.82) is 0 Å². The summed E-state index contributed by atoms with van der Waals surface area (Å²) in [6.07, 6.45) is 1.63. The van der Waals surface area contributed by atoms with Crippen molar-refractivity contribution >= 4 is 27.9 Å². The van der Waals surface area contributed by atoms with E-state index in [1.807, 2.05) is 49.4 Å². The molecule has 1 atom stereocenters. The lowest BCUT2D eigenvalue weighted by atomic mass is 10.2. The highest BCUT2D eigenvalue weighted by atomic mass is 32.2. The number of thioether (sulfide) groups is 1. The fourth-order valence-electron chi connectivity index (χ4n) is 2.33. The largest absolute Gasteiger partial charge is 0.464 e. The van der Waals surface area contributed by atoms with Crippen LogP contribution < -0.4 is 0 Å². The van der Waals surface area contributed by atoms with Crippen LogP contribution in [0.3, 0.4) is 0 Å². The van der Waals surface area contributed by atoms with Gasteiger partial charge in [-0.25, -0.2) is 8.42 Å². The van der Waals surface area contributed by atoms with Crippen molar-refractivity contribution in [3.63, 3.8) is 0 Å². The molecule has 1 unspecified atom stereocenters. The average Bonchev–Trinajstić information content (AvgIpc) is 3.15. The summed E-state index contributed by atoms with van der Waals surface area (Å²) in [5.41, 5.74) is 0.864. The summed E-state index contributed by atoms with van der Waals surface area (Å²) in [6, 6.07) is 13.1. The van der Waals surface area contributed by atoms with Gasteiger partial charge in [-0.1, -0.05) is 30.3 Å². The highest BCUT2D eigenvalue weighted by Crippen LogP contribution is 2.40. The molecule has 4 nitrogen and oxygen atoms in total. The molecule has 0 spiro atoms. The molecule has 0 amide bonds. The highest BCUT2D eigenvalue weighted by molar-refractivity contribution is 8.01. The number of benzene rings is 1. The van der Waals surface area contributed by atoms with Gasteiger partial charge in [0.05, 0.1) is 0 Å². The Balaban J connectivity index is 1.83. The van der Waals surface area contributed by atoms with Gasteiger partial charge >= 0.3 is 0 Å². The van der Waals surface area contributed by atoms with E-state index in [9.17, 15) is 8.42 Å². The maximum absolute atomic E-state index is 12.6. The Morgan fingerprint density at radius 2 is 2.00 bits per heavy atom. The van der Waals surface area contributed by atoms with Gasteiger partial charge < -0.3 is 4.42 Å². The van der Waals surface area contributed by atoms with Gasteiger partial charge in [-0.2, -0.15) is 4.31 Å². The molecule has 3 rings (SSSR count). The Hall–Kier alpha value is -1.50. The van der Waals surface area contributed by atoms with Crippen molar-refractivity contribution in [3.05, 3.63) is 65.0 Å². The molecule has 2 heterocycles. The zero-order valence-electron chi connectivity index (χ0n) is 12.2. The lowest BCUT2D eigenvalue weighted by molar-refractivity contribution is 0.380. The van der Waals surface area contributed by atoms with Crippen LogP contribution in [0.4, 0.5) is 0 Å². The third-order valence-corrected chi connectivity index (χ3v) is 6.29. The topological polar surface area (TPSA) is 50.5 Å². The molecule has 6 heteroatoms. The molecule has 22 heavy (non-hydrogen) atoms. The van der Waals surface area contributed by atoms with E-state index in [0.29, 0.717) is 12.3 Å². The van der Waals surface area contributed by atoms with Gasteiger partial charge in [0.25, 0.3) is 0 Å². The highest BCUT2D eigenvalue weighted by Gasteiger charge is 2.36. The Morgan fingerprint density at radius 1 is 1.23 bits per heavy atom. The standard InChI is InChI=1S/C16H17NO3S2/c1-13-7-8-15(20-13)16-17(10-11-21-16)22(18,19)12-9-14-5-3-2-4-6-14/h2-9,12,16H,10-11H2,1H3. The predicted molar refractivity (Wildman–Crippen MR) is 89.7 cm³/mol. The van der Waals surface area contributed by atoms with Crippen molar-refractivity contribution in [1.82, 2.24) is 4.31 Å². The molecule has 116 valence electrons. The second kappa shape index (κ2) is 6.32. The normalized spacial score (nSPS) is 20.0. The van der Waals surface area contributed by atoms with Gasteiger partial charge in [-0.05, 0) is 30.7 Å². The molecule has 0 N–H and O–H groups in total. The maximum atomic E-state index is 12.6. The number of furan rings is 1. The number of rotatable bonds is 4. The lowest BCUT2D eigenvalue weighted by Gasteiger charge is -2.19. The lowest BCUT2D eigenvalue weighted by Crippen LogP contribution is -2.28. The molecule has 1 aliphatic rings. The quantitative estimate of drug-likeness (QED) is 0.856. The number of nitrogens with zero attached hydrogens (tertiary/aromatic N) is 1. The fraction of sp³-hybridized carbons (Fsp3) is 0.250. The van der Waals surface area contributed by atoms with Crippen molar-refractivity contribution in [2.45, 2.75) is 12.3 Å². The molecule has 1 saturated heterocycles. The molecular formula is C16H17NO3S2. The van der Waals surface area contributed by atoms with Gasteiger partial charge in [0.2, 0.25) is 10.0 Å². The van der Waals surface area contributed by atoms with E-state index < -0.39 is 10.0 Å². The van der Waals surface area contributed by atoms with E-state index in [4.69, 9.17) is 4.42 Å². The Kier molecular flexibility index (Phi) is 4.42. The summed E-state index contributed by atoms with van der Waals surface area (Å²) in [5.74, 6) is 2.25. The van der Waals surface area contributed by atoms with Crippen LogP contribution in [0.1, 0.15) is 22.5 Å². The molecule has 1 aliphatic heterocycles. The molecule has 1 aromatic heterocycles. The second-order valence-corrected chi connectivity index (χ2v) is 8.00. The second-order valence-electron chi connectivity index (χ2n) is 5.04. The zero-order valence-corrected chi connectivity index (χ0v) is 13.8. The van der Waals surface area contributed by atoms with Crippen molar-refractivity contribution < 1.29 is 12.8 Å². The minimum absolute atomic E-state index is 0.279. The smallest absolute Gasteiger partial charge is 0.237 e. The van der Waals surface area contributed by atoms with Crippen molar-refractivity contribution in [2.24, 2.45) is 0 Å². The molecule has 2 aromatic rings. The van der Waals surface area contributed by atoms with Crippen LogP contribution in [0.5, 0.6) is 0 Å². The summed E-state index contributed by atoms with van der Waals surface area (Å²) >= 11 is 1.58. The van der Waals surface area contributed by atoms with Gasteiger partial charge in [0.1, 0.15) is 16.9 Å². The van der Waals surface area contributed by atoms with Crippen LogP contribution in [0, 0.1) is 6.92 Å². The SMILES string of the molecule is Cc1ccc(C2SCCN2S(=O)(=O)C=Cc2ccccc2)o1. The van der Waals surface area contributed by atoms with E-state index in [2.05, 4.69) is 0 Å². The first kappa shape index (κ1) is 15.4. The number of sulfonamides is 1. The van der Waals surface area contributed by atoms with Crippen LogP contribution in [-0.4, -0.2) is 25.0 Å². The molecule has 0 saturated carbocycles. The summed E-state index contributed by atoms with van der Waals surface area (Å²) in [6.45, 7) is 2.35. The third-order valence-electron chi connectivity index (χ3n) is 3.41. The van der Waals surface area contributed by atoms with Crippen LogP contribution in [0.2, 0.25) is 0 Å². The number of hydrogen-bond acceptors (Lipinski definition) is 4. The van der Waals surface area contributed by atoms with E-state index in [0.717, 1.165) is 17.1 Å². The molecular weight excluding hydrogens is 318 g/mol. The summed E-state index contributed by atoms with van der Waals surface area (Å²) in [7, 11) is -3.47. The minimum Gasteiger partial charge on any atom is -0.464 e. The molecule has 1 aromatic carbocycles. The van der Waals surface area contributed by atoms with Gasteiger partial charge in [-0.15, -0.1) is 11.8 Å². The monoisotopic (exact) mass is 335 g/mol. The Bertz CT molecular complexity index is 766. The number of aryl methyl sites for hydroxylation is 1. The van der Waals surface area contributed by atoms with Crippen molar-refractivity contribution in [3.8, 4) is 0 Å². The third kappa shape index (κ3) is 3.29. The Morgan fingerprint density at radius 3 is 2.68 bits per heavy atom. The predicted octanol–water partition coefficient (Wildman–Crippen LogP) is 3.64. The summed E-state index contributed by atoms with van der Waals surface area (Å²) < 4.78 is 32.3. The molecule has 0 radical (unpaired) electrons.